The number of para-hydroxylation sites is 1. The van der Waals surface area contributed by atoms with Gasteiger partial charge in [-0.15, -0.1) is 0 Å². The van der Waals surface area contributed by atoms with E-state index in [1.807, 2.05) is 0 Å². The Morgan fingerprint density at radius 1 is 1.26 bits per heavy atom. The fourth-order valence-electron chi connectivity index (χ4n) is 3.89. The molecule has 1 unspecified atom stereocenters. The topological polar surface area (TPSA) is 19.4 Å². The summed E-state index contributed by atoms with van der Waals surface area (Å²) in [5, 5.41) is 1.32. The smallest absolute Gasteiger partial charge is 0.0726 e. The lowest BCUT2D eigenvalue weighted by atomic mass is 10.0. The minimum atomic E-state index is 0.775. The lowest BCUT2D eigenvalue weighted by Gasteiger charge is -2.26. The van der Waals surface area contributed by atoms with Crippen LogP contribution in [0.2, 0.25) is 0 Å². The summed E-state index contributed by atoms with van der Waals surface area (Å²) in [6.07, 6.45) is 2.35. The fourth-order valence-corrected chi connectivity index (χ4v) is 3.89. The first-order valence-electron chi connectivity index (χ1n) is 8.95. The molecule has 2 heterocycles. The van der Waals surface area contributed by atoms with Gasteiger partial charge in [0.05, 0.1) is 11.2 Å². The van der Waals surface area contributed by atoms with Crippen molar-refractivity contribution in [3.8, 4) is 0 Å². The average molecular weight is 311 g/mol. The van der Waals surface area contributed by atoms with Crippen LogP contribution < -0.4 is 4.90 Å². The van der Waals surface area contributed by atoms with E-state index in [1.165, 1.54) is 48.4 Å². The van der Waals surface area contributed by atoms with Gasteiger partial charge in [-0.05, 0) is 50.9 Å². The molecule has 0 saturated carbocycles. The molecular weight excluding hydrogens is 282 g/mol. The highest BCUT2D eigenvalue weighted by atomic mass is 15.2. The van der Waals surface area contributed by atoms with Gasteiger partial charge in [0.25, 0.3) is 0 Å². The second-order valence-electron chi connectivity index (χ2n) is 6.85. The third kappa shape index (κ3) is 3.20. The third-order valence-electron chi connectivity index (χ3n) is 5.24. The van der Waals surface area contributed by atoms with Crippen molar-refractivity contribution in [2.24, 2.45) is 5.92 Å². The molecule has 124 valence electrons. The Morgan fingerprint density at radius 3 is 2.78 bits per heavy atom. The van der Waals surface area contributed by atoms with Crippen molar-refractivity contribution in [2.75, 3.05) is 38.1 Å². The predicted octanol–water partition coefficient (Wildman–Crippen LogP) is 3.88. The van der Waals surface area contributed by atoms with Gasteiger partial charge in [0.15, 0.2) is 0 Å². The first kappa shape index (κ1) is 16.3. The van der Waals surface area contributed by atoms with E-state index in [2.05, 4.69) is 61.9 Å². The van der Waals surface area contributed by atoms with Crippen LogP contribution in [0.4, 0.5) is 5.69 Å². The molecule has 0 amide bonds. The van der Waals surface area contributed by atoms with Gasteiger partial charge < -0.3 is 9.80 Å². The Labute approximate surface area is 140 Å². The molecule has 0 N–H and O–H groups in total. The third-order valence-corrected chi connectivity index (χ3v) is 5.24. The van der Waals surface area contributed by atoms with Gasteiger partial charge in [0.1, 0.15) is 0 Å². The number of hydrogen-bond acceptors (Lipinski definition) is 3. The van der Waals surface area contributed by atoms with Gasteiger partial charge in [0.2, 0.25) is 0 Å². The molecule has 1 aliphatic rings. The van der Waals surface area contributed by atoms with Gasteiger partial charge in [-0.25, -0.2) is 0 Å². The highest BCUT2D eigenvalue weighted by molar-refractivity contribution is 5.94. The van der Waals surface area contributed by atoms with Crippen LogP contribution in [0, 0.1) is 12.8 Å². The zero-order chi connectivity index (χ0) is 16.4. The number of aromatic nitrogens is 1. The number of nitrogens with zero attached hydrogens (tertiary/aromatic N) is 3. The number of pyridine rings is 1. The molecule has 0 radical (unpaired) electrons. The van der Waals surface area contributed by atoms with E-state index in [1.54, 1.807) is 0 Å². The summed E-state index contributed by atoms with van der Waals surface area (Å²) in [5.74, 6) is 0.775. The molecule has 1 aliphatic heterocycles. The second-order valence-corrected chi connectivity index (χ2v) is 6.85. The van der Waals surface area contributed by atoms with Crippen molar-refractivity contribution in [3.05, 3.63) is 35.5 Å². The van der Waals surface area contributed by atoms with Crippen LogP contribution in [0.25, 0.3) is 10.9 Å². The van der Waals surface area contributed by atoms with Crippen molar-refractivity contribution in [2.45, 2.75) is 33.6 Å². The highest BCUT2D eigenvalue weighted by Crippen LogP contribution is 2.35. The Morgan fingerprint density at radius 2 is 2.04 bits per heavy atom. The summed E-state index contributed by atoms with van der Waals surface area (Å²) < 4.78 is 0. The molecule has 1 aromatic carbocycles. The molecule has 1 atom stereocenters. The van der Waals surface area contributed by atoms with E-state index in [-0.39, 0.29) is 0 Å². The molecular formula is C20H29N3. The van der Waals surface area contributed by atoms with Crippen molar-refractivity contribution in [1.29, 1.82) is 0 Å². The zero-order valence-electron chi connectivity index (χ0n) is 15.0. The minimum absolute atomic E-state index is 0.775. The first-order chi connectivity index (χ1) is 11.1. The number of benzene rings is 1. The van der Waals surface area contributed by atoms with Crippen LogP contribution in [0.5, 0.6) is 0 Å². The molecule has 3 rings (SSSR count). The predicted molar refractivity (Wildman–Crippen MR) is 99.3 cm³/mol. The summed E-state index contributed by atoms with van der Waals surface area (Å²) in [4.78, 5) is 9.87. The van der Waals surface area contributed by atoms with Crippen LogP contribution >= 0.6 is 0 Å². The van der Waals surface area contributed by atoms with E-state index in [4.69, 9.17) is 4.98 Å². The van der Waals surface area contributed by atoms with E-state index in [9.17, 15) is 0 Å². The molecule has 0 spiro atoms. The van der Waals surface area contributed by atoms with Gasteiger partial charge in [0, 0.05) is 30.7 Å². The van der Waals surface area contributed by atoms with Crippen LogP contribution in [0.1, 0.15) is 31.5 Å². The zero-order valence-corrected chi connectivity index (χ0v) is 15.0. The normalized spacial score (nSPS) is 18.3. The van der Waals surface area contributed by atoms with E-state index < -0.39 is 0 Å². The lowest BCUT2D eigenvalue weighted by molar-refractivity contribution is 0.300. The van der Waals surface area contributed by atoms with Gasteiger partial charge in [-0.2, -0.15) is 0 Å². The molecule has 1 saturated heterocycles. The SMILES string of the molecule is CCc1c(C)nc2ccccc2c1N1CCC(CN(C)CC)C1. The van der Waals surface area contributed by atoms with Crippen LogP contribution in [0.15, 0.2) is 24.3 Å². The van der Waals surface area contributed by atoms with E-state index in [0.717, 1.165) is 24.4 Å². The molecule has 1 aromatic heterocycles. The lowest BCUT2D eigenvalue weighted by Crippen LogP contribution is -2.28. The second kappa shape index (κ2) is 6.88. The van der Waals surface area contributed by atoms with Crippen molar-refractivity contribution < 1.29 is 0 Å². The molecule has 0 aliphatic carbocycles. The summed E-state index contributed by atoms with van der Waals surface area (Å²) in [7, 11) is 2.23. The summed E-state index contributed by atoms with van der Waals surface area (Å²) in [6.45, 7) is 11.3. The Balaban J connectivity index is 1.96. The maximum atomic E-state index is 4.82. The van der Waals surface area contributed by atoms with Crippen molar-refractivity contribution >= 4 is 16.6 Å². The standard InChI is InChI=1S/C20H29N3/c1-5-17-15(3)21-19-10-8-7-9-18(19)20(17)23-12-11-16(14-23)13-22(4)6-2/h7-10,16H,5-6,11-14H2,1-4H3. The van der Waals surface area contributed by atoms with Gasteiger partial charge in [-0.1, -0.05) is 32.0 Å². The molecule has 2 aromatic rings. The van der Waals surface area contributed by atoms with Crippen LogP contribution in [-0.2, 0) is 6.42 Å². The quantitative estimate of drug-likeness (QED) is 0.835. The summed E-state index contributed by atoms with van der Waals surface area (Å²) >= 11 is 0. The number of fused-ring (bicyclic) bond motifs is 1. The fraction of sp³-hybridized carbons (Fsp3) is 0.550. The molecule has 3 heteroatoms. The van der Waals surface area contributed by atoms with Crippen LogP contribution in [0.3, 0.4) is 0 Å². The maximum absolute atomic E-state index is 4.82. The number of aryl methyl sites for hydroxylation is 1. The van der Waals surface area contributed by atoms with Crippen molar-refractivity contribution in [3.63, 3.8) is 0 Å². The number of hydrogen-bond donors (Lipinski definition) is 0. The van der Waals surface area contributed by atoms with E-state index >= 15 is 0 Å². The van der Waals surface area contributed by atoms with Gasteiger partial charge in [-0.3, -0.25) is 4.98 Å². The Kier molecular flexibility index (Phi) is 4.86. The molecule has 0 bridgehead atoms. The maximum Gasteiger partial charge on any atom is 0.0726 e. The Hall–Kier alpha value is -1.61. The van der Waals surface area contributed by atoms with E-state index in [0.29, 0.717) is 0 Å². The molecule has 1 fully saturated rings. The van der Waals surface area contributed by atoms with Gasteiger partial charge >= 0.3 is 0 Å². The molecule has 23 heavy (non-hydrogen) atoms. The minimum Gasteiger partial charge on any atom is -0.370 e. The highest BCUT2D eigenvalue weighted by Gasteiger charge is 2.26. The number of rotatable bonds is 5. The molecule has 3 nitrogen and oxygen atoms in total. The van der Waals surface area contributed by atoms with Crippen LogP contribution in [-0.4, -0.2) is 43.1 Å². The first-order valence-corrected chi connectivity index (χ1v) is 8.95. The summed E-state index contributed by atoms with van der Waals surface area (Å²) in [6, 6.07) is 8.61. The average Bonchev–Trinajstić information content (AvgIpc) is 3.01. The largest absolute Gasteiger partial charge is 0.370 e. The number of anilines is 1. The monoisotopic (exact) mass is 311 g/mol. The van der Waals surface area contributed by atoms with Crippen molar-refractivity contribution in [1.82, 2.24) is 9.88 Å². The Bertz CT molecular complexity index is 680. The summed E-state index contributed by atoms with van der Waals surface area (Å²) in [5.41, 5.74) is 5.19.